The van der Waals surface area contributed by atoms with Crippen LogP contribution in [0.5, 0.6) is 5.75 Å². The summed E-state index contributed by atoms with van der Waals surface area (Å²) in [6.07, 6.45) is 0. The van der Waals surface area contributed by atoms with E-state index in [-0.39, 0.29) is 9.92 Å². The summed E-state index contributed by atoms with van der Waals surface area (Å²) in [7, 11) is -2.52. The van der Waals surface area contributed by atoms with Crippen molar-refractivity contribution in [3.8, 4) is 5.75 Å². The molecule has 7 nitrogen and oxygen atoms in total. The van der Waals surface area contributed by atoms with E-state index in [2.05, 4.69) is 27.6 Å². The number of halogens is 1. The topological polar surface area (TPSA) is 89.4 Å². The van der Waals surface area contributed by atoms with Gasteiger partial charge in [-0.1, -0.05) is 29.8 Å². The molecule has 33 heavy (non-hydrogen) atoms. The molecule has 1 heterocycles. The maximum absolute atomic E-state index is 12.8. The van der Waals surface area contributed by atoms with Crippen LogP contribution in [-0.2, 0) is 21.4 Å². The molecule has 2 N–H and O–H groups in total. The number of ether oxygens (including phenoxy) is 1. The van der Waals surface area contributed by atoms with Crippen molar-refractivity contribution in [3.63, 3.8) is 0 Å². The lowest BCUT2D eigenvalue weighted by molar-refractivity contribution is -0.117. The molecule has 0 aliphatic rings. The molecule has 0 spiro atoms. The summed E-state index contributed by atoms with van der Waals surface area (Å²) in [5, 5.41) is 5.09. The van der Waals surface area contributed by atoms with Crippen molar-refractivity contribution in [2.24, 2.45) is 0 Å². The highest BCUT2D eigenvalue weighted by atomic mass is 35.5. The molecule has 0 unspecified atom stereocenters. The molecule has 0 aliphatic carbocycles. The number of aryl methyl sites for hydroxylation is 1. The zero-order valence-electron chi connectivity index (χ0n) is 18.4. The monoisotopic (exact) mass is 485 g/mol. The van der Waals surface area contributed by atoms with Crippen LogP contribution in [0.2, 0.25) is 5.02 Å². The molecular weight excluding hydrogens is 462 g/mol. The Bertz CT molecular complexity index is 1460. The zero-order valence-corrected chi connectivity index (χ0v) is 20.0. The van der Waals surface area contributed by atoms with E-state index in [1.807, 2.05) is 36.4 Å². The number of rotatable bonds is 7. The number of sulfonamides is 1. The molecule has 0 fully saturated rings. The second-order valence-corrected chi connectivity index (χ2v) is 9.74. The Hall–Kier alpha value is -3.07. The summed E-state index contributed by atoms with van der Waals surface area (Å²) in [6, 6.07) is 16.9. The van der Waals surface area contributed by atoms with Crippen molar-refractivity contribution in [2.75, 3.05) is 12.4 Å². The number of anilines is 1. The average Bonchev–Trinajstić information content (AvgIpc) is 3.11. The average molecular weight is 486 g/mol. The molecule has 1 amide bonds. The number of amides is 1. The lowest BCUT2D eigenvalue weighted by Crippen LogP contribution is -2.41. The van der Waals surface area contributed by atoms with Crippen LogP contribution < -0.4 is 14.8 Å². The summed E-state index contributed by atoms with van der Waals surface area (Å²) in [4.78, 5) is 12.7. The van der Waals surface area contributed by atoms with Gasteiger partial charge < -0.3 is 14.6 Å². The second-order valence-electron chi connectivity index (χ2n) is 7.62. The minimum atomic E-state index is -3.96. The fourth-order valence-corrected chi connectivity index (χ4v) is 5.44. The normalized spacial score (nSPS) is 12.7. The van der Waals surface area contributed by atoms with E-state index >= 15 is 0 Å². The highest BCUT2D eigenvalue weighted by Gasteiger charge is 2.23. The van der Waals surface area contributed by atoms with E-state index in [1.54, 1.807) is 0 Å². The van der Waals surface area contributed by atoms with Crippen molar-refractivity contribution in [2.45, 2.75) is 31.3 Å². The standard InChI is InChI=1S/C24H24ClN3O4S/c1-4-28-21-8-6-5-7-18(21)19-13-16(9-11-22(19)28)26-24(29)15(2)27-33(30,31)17-10-12-23(32-3)20(25)14-17/h5-15,27H,4H2,1-3H3,(H,26,29)/t15-/m0/s1. The second kappa shape index (κ2) is 9.05. The lowest BCUT2D eigenvalue weighted by atomic mass is 10.1. The first-order valence-corrected chi connectivity index (χ1v) is 12.3. The maximum atomic E-state index is 12.8. The van der Waals surface area contributed by atoms with Crippen LogP contribution in [0.1, 0.15) is 13.8 Å². The largest absolute Gasteiger partial charge is 0.495 e. The summed E-state index contributed by atoms with van der Waals surface area (Å²) in [6.45, 7) is 4.40. The number of nitrogens with zero attached hydrogens (tertiary/aromatic N) is 1. The number of hydrogen-bond acceptors (Lipinski definition) is 4. The van der Waals surface area contributed by atoms with Gasteiger partial charge in [0.1, 0.15) is 5.75 Å². The first-order valence-electron chi connectivity index (χ1n) is 10.4. The number of para-hydroxylation sites is 1. The number of benzene rings is 3. The molecule has 4 rings (SSSR count). The van der Waals surface area contributed by atoms with Crippen molar-refractivity contribution >= 4 is 55.0 Å². The Morgan fingerprint density at radius 2 is 1.79 bits per heavy atom. The molecule has 1 atom stereocenters. The molecular formula is C24H24ClN3O4S. The predicted octanol–water partition coefficient (Wildman–Crippen LogP) is 4.78. The maximum Gasteiger partial charge on any atom is 0.242 e. The van der Waals surface area contributed by atoms with Crippen LogP contribution in [0.15, 0.2) is 65.6 Å². The molecule has 9 heteroatoms. The third kappa shape index (κ3) is 4.42. The first kappa shape index (κ1) is 23.1. The van der Waals surface area contributed by atoms with Crippen molar-refractivity contribution < 1.29 is 17.9 Å². The summed E-state index contributed by atoms with van der Waals surface area (Å²) in [5.74, 6) is -0.113. The van der Waals surface area contributed by atoms with Gasteiger partial charge in [-0.3, -0.25) is 4.79 Å². The molecule has 0 aliphatic heterocycles. The van der Waals surface area contributed by atoms with E-state index in [0.717, 1.165) is 28.4 Å². The molecule has 0 radical (unpaired) electrons. The highest BCUT2D eigenvalue weighted by Crippen LogP contribution is 2.31. The highest BCUT2D eigenvalue weighted by molar-refractivity contribution is 7.89. The van der Waals surface area contributed by atoms with E-state index in [9.17, 15) is 13.2 Å². The van der Waals surface area contributed by atoms with Gasteiger partial charge in [-0.05, 0) is 56.3 Å². The van der Waals surface area contributed by atoms with Gasteiger partial charge in [0.2, 0.25) is 15.9 Å². The Balaban J connectivity index is 1.55. The smallest absolute Gasteiger partial charge is 0.242 e. The third-order valence-electron chi connectivity index (χ3n) is 5.51. The molecule has 3 aromatic carbocycles. The van der Waals surface area contributed by atoms with Crippen LogP contribution in [0, 0.1) is 0 Å². The van der Waals surface area contributed by atoms with Crippen LogP contribution >= 0.6 is 11.6 Å². The van der Waals surface area contributed by atoms with Gasteiger partial charge in [0.15, 0.2) is 0 Å². The molecule has 0 saturated carbocycles. The van der Waals surface area contributed by atoms with Gasteiger partial charge in [0, 0.05) is 34.0 Å². The Labute approximate surface area is 197 Å². The van der Waals surface area contributed by atoms with E-state index < -0.39 is 22.0 Å². The van der Waals surface area contributed by atoms with Gasteiger partial charge in [-0.15, -0.1) is 0 Å². The van der Waals surface area contributed by atoms with Crippen LogP contribution in [-0.4, -0.2) is 32.0 Å². The molecule has 0 bridgehead atoms. The predicted molar refractivity (Wildman–Crippen MR) is 132 cm³/mol. The molecule has 0 saturated heterocycles. The number of nitrogens with one attached hydrogen (secondary N) is 2. The minimum Gasteiger partial charge on any atom is -0.495 e. The van der Waals surface area contributed by atoms with Crippen molar-refractivity contribution in [1.82, 2.24) is 9.29 Å². The summed E-state index contributed by atoms with van der Waals surface area (Å²) >= 11 is 6.05. The summed E-state index contributed by atoms with van der Waals surface area (Å²) < 4.78 is 35.1. The Morgan fingerprint density at radius 3 is 2.48 bits per heavy atom. The van der Waals surface area contributed by atoms with Gasteiger partial charge >= 0.3 is 0 Å². The van der Waals surface area contributed by atoms with Gasteiger partial charge in [0.05, 0.1) is 23.1 Å². The molecule has 1 aromatic heterocycles. The lowest BCUT2D eigenvalue weighted by Gasteiger charge is -2.15. The fraction of sp³-hybridized carbons (Fsp3) is 0.208. The van der Waals surface area contributed by atoms with Crippen molar-refractivity contribution in [1.29, 1.82) is 0 Å². The molecule has 172 valence electrons. The number of carbonyl (C=O) groups excluding carboxylic acids is 1. The Morgan fingerprint density at radius 1 is 1.06 bits per heavy atom. The number of aromatic nitrogens is 1. The third-order valence-corrected chi connectivity index (χ3v) is 7.35. The number of hydrogen-bond donors (Lipinski definition) is 2. The zero-order chi connectivity index (χ0) is 23.8. The van der Waals surface area contributed by atoms with E-state index in [4.69, 9.17) is 16.3 Å². The minimum absolute atomic E-state index is 0.0539. The fourth-order valence-electron chi connectivity index (χ4n) is 3.89. The van der Waals surface area contributed by atoms with Gasteiger partial charge in [-0.2, -0.15) is 4.72 Å². The first-order chi connectivity index (χ1) is 15.7. The van der Waals surface area contributed by atoms with Gasteiger partial charge in [-0.25, -0.2) is 8.42 Å². The van der Waals surface area contributed by atoms with Crippen LogP contribution in [0.3, 0.4) is 0 Å². The van der Waals surface area contributed by atoms with Gasteiger partial charge in [0.25, 0.3) is 0 Å². The molecule has 4 aromatic rings. The number of methoxy groups -OCH3 is 1. The van der Waals surface area contributed by atoms with Crippen LogP contribution in [0.25, 0.3) is 21.8 Å². The summed E-state index contributed by atoms with van der Waals surface area (Å²) in [5.41, 5.74) is 2.78. The Kier molecular flexibility index (Phi) is 6.34. The van der Waals surface area contributed by atoms with E-state index in [0.29, 0.717) is 11.4 Å². The quantitative estimate of drug-likeness (QED) is 0.394. The van der Waals surface area contributed by atoms with E-state index in [1.165, 1.54) is 32.2 Å². The number of carbonyl (C=O) groups is 1. The number of fused-ring (bicyclic) bond motifs is 3. The SMILES string of the molecule is CCn1c2ccccc2c2cc(NC(=O)[C@H](C)NS(=O)(=O)c3ccc(OC)c(Cl)c3)ccc21. The van der Waals surface area contributed by atoms with Crippen molar-refractivity contribution in [3.05, 3.63) is 65.7 Å². The van der Waals surface area contributed by atoms with Crippen LogP contribution in [0.4, 0.5) is 5.69 Å².